The second-order valence-corrected chi connectivity index (χ2v) is 8.01. The zero-order valence-corrected chi connectivity index (χ0v) is 13.1. The molecule has 1 aliphatic carbocycles. The van der Waals surface area contributed by atoms with E-state index >= 15 is 0 Å². The highest BCUT2D eigenvalue weighted by Gasteiger charge is 2.68. The predicted octanol–water partition coefficient (Wildman–Crippen LogP) is 1.62. The third-order valence-electron chi connectivity index (χ3n) is 4.42. The number of nitrogens with two attached hydrogens (primary N) is 1. The Morgan fingerprint density at radius 2 is 1.68 bits per heavy atom. The van der Waals surface area contributed by atoms with Gasteiger partial charge in [0, 0.05) is 5.92 Å². The first-order chi connectivity index (χ1) is 10.4. The highest BCUT2D eigenvalue weighted by atomic mass is 32.2. The summed E-state index contributed by atoms with van der Waals surface area (Å²) >= 11 is 0. The summed E-state index contributed by atoms with van der Waals surface area (Å²) in [5, 5.41) is 8.84. The minimum atomic E-state index is -3.58. The number of benzene rings is 2. The molecule has 3 N–H and O–H groups in total. The molecule has 5 heteroatoms. The largest absolute Gasteiger partial charge is 0.394 e. The molecule has 2 aromatic carbocycles. The van der Waals surface area contributed by atoms with Crippen LogP contribution in [0.5, 0.6) is 0 Å². The summed E-state index contributed by atoms with van der Waals surface area (Å²) in [5.74, 6) is -0.384. The molecule has 0 saturated heterocycles. The van der Waals surface area contributed by atoms with Crippen LogP contribution in [-0.4, -0.2) is 30.9 Å². The Hall–Kier alpha value is -1.69. The van der Waals surface area contributed by atoms with E-state index in [-0.39, 0.29) is 17.4 Å². The monoisotopic (exact) mass is 317 g/mol. The van der Waals surface area contributed by atoms with E-state index in [0.717, 1.165) is 11.1 Å². The van der Waals surface area contributed by atoms with Crippen molar-refractivity contribution in [2.24, 2.45) is 5.73 Å². The summed E-state index contributed by atoms with van der Waals surface area (Å²) in [5.41, 5.74) is 6.91. The average Bonchev–Trinajstić information content (AvgIpc) is 3.16. The molecule has 0 unspecified atom stereocenters. The van der Waals surface area contributed by atoms with E-state index in [1.165, 1.54) is 0 Å². The van der Waals surface area contributed by atoms with Crippen LogP contribution in [0.4, 0.5) is 0 Å². The number of rotatable bonds is 4. The molecule has 22 heavy (non-hydrogen) atoms. The van der Waals surface area contributed by atoms with Gasteiger partial charge in [0.25, 0.3) is 0 Å². The molecule has 0 heterocycles. The molecule has 0 aliphatic heterocycles. The molecule has 4 nitrogen and oxygen atoms in total. The Kier molecular flexibility index (Phi) is 3.59. The number of aryl methyl sites for hydroxylation is 1. The van der Waals surface area contributed by atoms with Crippen molar-refractivity contribution < 1.29 is 13.5 Å². The summed E-state index contributed by atoms with van der Waals surface area (Å²) in [6, 6.07) is 16.0. The number of aliphatic hydroxyl groups excluding tert-OH is 1. The van der Waals surface area contributed by atoms with Crippen LogP contribution in [0, 0.1) is 6.92 Å². The molecule has 2 aromatic rings. The van der Waals surface area contributed by atoms with Crippen molar-refractivity contribution in [2.75, 3.05) is 6.61 Å². The van der Waals surface area contributed by atoms with Crippen LogP contribution in [0.2, 0.25) is 0 Å². The maximum absolute atomic E-state index is 12.9. The van der Waals surface area contributed by atoms with Crippen LogP contribution >= 0.6 is 0 Å². The molecule has 0 bridgehead atoms. The highest BCUT2D eigenvalue weighted by molar-refractivity contribution is 7.92. The standard InChI is InChI=1S/C17H19NO3S/c1-12-7-9-14(10-8-12)22(20,21)16-15(17(16,18)11-19)13-5-3-2-4-6-13/h2-10,15-16,19H,11,18H2,1H3/t15-,16+,17+/m1/s1. The van der Waals surface area contributed by atoms with Crippen LogP contribution < -0.4 is 5.73 Å². The Morgan fingerprint density at radius 1 is 1.09 bits per heavy atom. The van der Waals surface area contributed by atoms with Crippen LogP contribution in [0.1, 0.15) is 17.0 Å². The van der Waals surface area contributed by atoms with Gasteiger partial charge in [-0.15, -0.1) is 0 Å². The summed E-state index contributed by atoms with van der Waals surface area (Å²) < 4.78 is 25.7. The minimum Gasteiger partial charge on any atom is -0.394 e. The zero-order chi connectivity index (χ0) is 16.0. The lowest BCUT2D eigenvalue weighted by molar-refractivity contribution is 0.253. The first kappa shape index (κ1) is 15.2. The molecule has 3 rings (SSSR count). The van der Waals surface area contributed by atoms with Crippen molar-refractivity contribution in [1.29, 1.82) is 0 Å². The Labute approximate surface area is 130 Å². The summed E-state index contributed by atoms with van der Waals surface area (Å²) in [7, 11) is -3.58. The normalized spacial score (nSPS) is 27.6. The van der Waals surface area contributed by atoms with Crippen molar-refractivity contribution in [2.45, 2.75) is 28.5 Å². The first-order valence-electron chi connectivity index (χ1n) is 7.16. The van der Waals surface area contributed by atoms with Gasteiger partial charge in [-0.1, -0.05) is 48.0 Å². The van der Waals surface area contributed by atoms with Gasteiger partial charge in [0.15, 0.2) is 9.84 Å². The van der Waals surface area contributed by atoms with Gasteiger partial charge in [-0.05, 0) is 24.6 Å². The van der Waals surface area contributed by atoms with Crippen molar-refractivity contribution >= 4 is 9.84 Å². The van der Waals surface area contributed by atoms with Crippen LogP contribution in [-0.2, 0) is 9.84 Å². The molecular weight excluding hydrogens is 298 g/mol. The zero-order valence-electron chi connectivity index (χ0n) is 12.3. The second kappa shape index (κ2) is 5.19. The molecule has 0 amide bonds. The van der Waals surface area contributed by atoms with Crippen molar-refractivity contribution in [3.05, 3.63) is 65.7 Å². The SMILES string of the molecule is Cc1ccc(S(=O)(=O)[C@H]2[C@@H](c3ccccc3)[C@@]2(N)CO)cc1. The van der Waals surface area contributed by atoms with E-state index in [9.17, 15) is 13.5 Å². The maximum Gasteiger partial charge on any atom is 0.183 e. The van der Waals surface area contributed by atoms with E-state index in [1.807, 2.05) is 37.3 Å². The lowest BCUT2D eigenvalue weighted by atomic mass is 10.1. The molecule has 1 aliphatic rings. The van der Waals surface area contributed by atoms with Crippen LogP contribution in [0.25, 0.3) is 0 Å². The quantitative estimate of drug-likeness (QED) is 0.898. The third kappa shape index (κ3) is 2.26. The summed E-state index contributed by atoms with van der Waals surface area (Å²) in [4.78, 5) is 0.254. The van der Waals surface area contributed by atoms with Gasteiger partial charge in [-0.25, -0.2) is 8.42 Å². The van der Waals surface area contributed by atoms with Crippen LogP contribution in [0.3, 0.4) is 0 Å². The van der Waals surface area contributed by atoms with Gasteiger partial charge in [0.05, 0.1) is 22.3 Å². The topological polar surface area (TPSA) is 80.4 Å². The van der Waals surface area contributed by atoms with Crippen molar-refractivity contribution in [3.63, 3.8) is 0 Å². The van der Waals surface area contributed by atoms with Gasteiger partial charge in [0.2, 0.25) is 0 Å². The van der Waals surface area contributed by atoms with Gasteiger partial charge in [-0.2, -0.15) is 0 Å². The maximum atomic E-state index is 12.9. The Balaban J connectivity index is 2.01. The average molecular weight is 317 g/mol. The van der Waals surface area contributed by atoms with Crippen molar-refractivity contribution in [1.82, 2.24) is 0 Å². The van der Waals surface area contributed by atoms with E-state index in [2.05, 4.69) is 0 Å². The molecule has 0 radical (unpaired) electrons. The Bertz CT molecular complexity index is 771. The molecule has 0 spiro atoms. The van der Waals surface area contributed by atoms with Gasteiger partial charge in [-0.3, -0.25) is 0 Å². The molecule has 1 saturated carbocycles. The molecule has 0 aromatic heterocycles. The van der Waals surface area contributed by atoms with Crippen molar-refractivity contribution in [3.8, 4) is 0 Å². The number of aliphatic hydroxyl groups is 1. The fourth-order valence-electron chi connectivity index (χ4n) is 3.10. The number of sulfone groups is 1. The molecule has 1 fully saturated rings. The number of hydrogen-bond acceptors (Lipinski definition) is 4. The van der Waals surface area contributed by atoms with Crippen LogP contribution in [0.15, 0.2) is 59.5 Å². The fourth-order valence-corrected chi connectivity index (χ4v) is 5.40. The Morgan fingerprint density at radius 3 is 2.23 bits per heavy atom. The summed E-state index contributed by atoms with van der Waals surface area (Å²) in [6.45, 7) is 1.55. The molecular formula is C17H19NO3S. The minimum absolute atomic E-state index is 0.254. The third-order valence-corrected chi connectivity index (χ3v) is 6.73. The lowest BCUT2D eigenvalue weighted by Gasteiger charge is -2.08. The summed E-state index contributed by atoms with van der Waals surface area (Å²) in [6.07, 6.45) is 0. The van der Waals surface area contributed by atoms with E-state index < -0.39 is 20.6 Å². The van der Waals surface area contributed by atoms with Gasteiger partial charge < -0.3 is 10.8 Å². The number of hydrogen-bond donors (Lipinski definition) is 2. The van der Waals surface area contributed by atoms with E-state index in [0.29, 0.717) is 0 Å². The highest BCUT2D eigenvalue weighted by Crippen LogP contribution is 2.55. The van der Waals surface area contributed by atoms with E-state index in [1.54, 1.807) is 24.3 Å². The molecule has 116 valence electrons. The second-order valence-electron chi connectivity index (χ2n) is 5.94. The lowest BCUT2D eigenvalue weighted by Crippen LogP contribution is -2.35. The van der Waals surface area contributed by atoms with E-state index in [4.69, 9.17) is 5.73 Å². The first-order valence-corrected chi connectivity index (χ1v) is 8.71. The predicted molar refractivity (Wildman–Crippen MR) is 85.3 cm³/mol. The van der Waals surface area contributed by atoms with Gasteiger partial charge in [0.1, 0.15) is 0 Å². The fraction of sp³-hybridized carbons (Fsp3) is 0.294. The smallest absolute Gasteiger partial charge is 0.183 e. The molecule has 3 atom stereocenters. The van der Waals surface area contributed by atoms with Gasteiger partial charge >= 0.3 is 0 Å².